The Balaban J connectivity index is 1.42. The van der Waals surface area contributed by atoms with Gasteiger partial charge in [-0.1, -0.05) is 13.8 Å². The topological polar surface area (TPSA) is 49.3 Å². The largest absolute Gasteiger partial charge is 0.494 e. The van der Waals surface area contributed by atoms with E-state index in [1.807, 2.05) is 31.2 Å². The number of carbonyl (C=O) groups excluding carboxylic acids is 1. The lowest BCUT2D eigenvalue weighted by molar-refractivity contribution is -0.896. The molecule has 0 bridgehead atoms. The summed E-state index contributed by atoms with van der Waals surface area (Å²) in [7, 11) is 0. The second-order valence-corrected chi connectivity index (χ2v) is 8.93. The molecular formula is C22H35N4O2S+. The first-order chi connectivity index (χ1) is 13.9. The number of hydrogen-bond acceptors (Lipinski definition) is 3. The van der Waals surface area contributed by atoms with Gasteiger partial charge in [-0.25, -0.2) is 0 Å². The third-order valence-electron chi connectivity index (χ3n) is 5.80. The average Bonchev–Trinajstić information content (AvgIpc) is 2.69. The third kappa shape index (κ3) is 6.31. The second kappa shape index (κ2) is 10.3. The maximum atomic E-state index is 12.7. The highest BCUT2D eigenvalue weighted by molar-refractivity contribution is 7.80. The lowest BCUT2D eigenvalue weighted by atomic mass is 9.92. The lowest BCUT2D eigenvalue weighted by Gasteiger charge is -2.37. The van der Waals surface area contributed by atoms with E-state index in [0.717, 1.165) is 55.8 Å². The average molecular weight is 420 g/mol. The van der Waals surface area contributed by atoms with Crippen molar-refractivity contribution in [3.05, 3.63) is 24.3 Å². The number of rotatable bonds is 5. The van der Waals surface area contributed by atoms with Crippen LogP contribution >= 0.6 is 12.2 Å². The number of amides is 1. The summed E-state index contributed by atoms with van der Waals surface area (Å²) < 4.78 is 5.48. The summed E-state index contributed by atoms with van der Waals surface area (Å²) in [6.45, 7) is 13.2. The summed E-state index contributed by atoms with van der Waals surface area (Å²) in [6, 6.07) is 7.87. The number of anilines is 1. The van der Waals surface area contributed by atoms with Gasteiger partial charge in [-0.15, -0.1) is 0 Å². The van der Waals surface area contributed by atoms with E-state index in [0.29, 0.717) is 30.9 Å². The van der Waals surface area contributed by atoms with Crippen LogP contribution in [0.2, 0.25) is 0 Å². The van der Waals surface area contributed by atoms with Crippen LogP contribution in [-0.4, -0.2) is 73.2 Å². The van der Waals surface area contributed by atoms with Gasteiger partial charge in [-0.2, -0.15) is 0 Å². The molecule has 6 nitrogen and oxygen atoms in total. The van der Waals surface area contributed by atoms with E-state index in [1.165, 1.54) is 11.3 Å². The molecule has 2 saturated heterocycles. The minimum Gasteiger partial charge on any atom is -0.494 e. The zero-order valence-electron chi connectivity index (χ0n) is 17.9. The van der Waals surface area contributed by atoms with Crippen molar-refractivity contribution in [2.24, 2.45) is 11.8 Å². The van der Waals surface area contributed by atoms with Gasteiger partial charge in [0.1, 0.15) is 5.75 Å². The highest BCUT2D eigenvalue weighted by Gasteiger charge is 2.29. The predicted octanol–water partition coefficient (Wildman–Crippen LogP) is 1.49. The number of likely N-dealkylation sites (tertiary alicyclic amines) is 1. The summed E-state index contributed by atoms with van der Waals surface area (Å²) in [4.78, 5) is 18.4. The number of ether oxygens (including phenoxy) is 1. The molecule has 7 heteroatoms. The van der Waals surface area contributed by atoms with Crippen molar-refractivity contribution < 1.29 is 14.4 Å². The number of piperidine rings is 1. The van der Waals surface area contributed by atoms with Crippen molar-refractivity contribution in [3.63, 3.8) is 0 Å². The number of quaternary nitrogens is 1. The van der Waals surface area contributed by atoms with Gasteiger partial charge >= 0.3 is 0 Å². The van der Waals surface area contributed by atoms with Gasteiger partial charge in [0.2, 0.25) is 0 Å². The number of nitrogens with zero attached hydrogens (tertiary/aromatic N) is 2. The first-order valence-electron chi connectivity index (χ1n) is 10.8. The van der Waals surface area contributed by atoms with Crippen LogP contribution in [0.25, 0.3) is 0 Å². The predicted molar refractivity (Wildman–Crippen MR) is 120 cm³/mol. The van der Waals surface area contributed by atoms with E-state index in [4.69, 9.17) is 17.0 Å². The molecule has 1 aromatic rings. The molecule has 0 radical (unpaired) electrons. The molecule has 2 aliphatic heterocycles. The van der Waals surface area contributed by atoms with E-state index in [9.17, 15) is 4.79 Å². The smallest absolute Gasteiger partial charge is 0.277 e. The van der Waals surface area contributed by atoms with Crippen LogP contribution in [0.4, 0.5) is 5.69 Å². The minimum absolute atomic E-state index is 0.307. The Hall–Kier alpha value is -1.86. The Bertz CT molecular complexity index is 679. The molecule has 1 aromatic carbocycles. The van der Waals surface area contributed by atoms with Crippen LogP contribution in [-0.2, 0) is 4.79 Å². The second-order valence-electron chi connectivity index (χ2n) is 8.55. The molecule has 2 aliphatic rings. The van der Waals surface area contributed by atoms with E-state index < -0.39 is 0 Å². The maximum Gasteiger partial charge on any atom is 0.277 e. The molecule has 29 heavy (non-hydrogen) atoms. The normalized spacial score (nSPS) is 23.0. The molecule has 0 saturated carbocycles. The molecule has 2 atom stereocenters. The molecule has 1 amide bonds. The zero-order valence-corrected chi connectivity index (χ0v) is 18.8. The Kier molecular flexibility index (Phi) is 7.72. The third-order valence-corrected chi connectivity index (χ3v) is 6.16. The van der Waals surface area contributed by atoms with Crippen molar-refractivity contribution in [3.8, 4) is 5.75 Å². The summed E-state index contributed by atoms with van der Waals surface area (Å²) in [5, 5.41) is 4.06. The molecule has 2 fully saturated rings. The minimum atomic E-state index is 0.307. The number of piperazine rings is 1. The SMILES string of the molecule is CCOc1ccc(NC(=S)N2CC[NH+](CC(=O)N3C[C@H](C)C[C@@H](C)C3)CC2)cc1. The molecule has 0 unspecified atom stereocenters. The van der Waals surface area contributed by atoms with Gasteiger partial charge in [0.25, 0.3) is 5.91 Å². The van der Waals surface area contributed by atoms with Crippen molar-refractivity contribution in [1.82, 2.24) is 9.80 Å². The number of carbonyl (C=O) groups is 1. The molecule has 3 rings (SSSR count). The molecule has 0 aliphatic carbocycles. The lowest BCUT2D eigenvalue weighted by Crippen LogP contribution is -3.15. The Morgan fingerprint density at radius 3 is 2.34 bits per heavy atom. The van der Waals surface area contributed by atoms with Crippen molar-refractivity contribution in [2.45, 2.75) is 27.2 Å². The fourth-order valence-corrected chi connectivity index (χ4v) is 4.70. The number of hydrogen-bond donors (Lipinski definition) is 2. The quantitative estimate of drug-likeness (QED) is 0.709. The summed E-state index contributed by atoms with van der Waals surface area (Å²) in [5.74, 6) is 2.39. The van der Waals surface area contributed by atoms with E-state index in [1.54, 1.807) is 0 Å². The van der Waals surface area contributed by atoms with Gasteiger partial charge in [-0.05, 0) is 61.7 Å². The van der Waals surface area contributed by atoms with Crippen LogP contribution in [0.3, 0.4) is 0 Å². The maximum absolute atomic E-state index is 12.7. The van der Waals surface area contributed by atoms with Gasteiger partial charge in [0, 0.05) is 18.8 Å². The Morgan fingerprint density at radius 2 is 1.76 bits per heavy atom. The van der Waals surface area contributed by atoms with Crippen LogP contribution in [0.5, 0.6) is 5.75 Å². The number of benzene rings is 1. The van der Waals surface area contributed by atoms with Crippen LogP contribution in [0.15, 0.2) is 24.3 Å². The van der Waals surface area contributed by atoms with Crippen molar-refractivity contribution >= 4 is 28.9 Å². The summed E-state index contributed by atoms with van der Waals surface area (Å²) in [5.41, 5.74) is 0.969. The first kappa shape index (κ1) is 21.8. The van der Waals surface area contributed by atoms with Crippen molar-refractivity contribution in [2.75, 3.05) is 57.7 Å². The van der Waals surface area contributed by atoms with Gasteiger partial charge in [-0.3, -0.25) is 4.79 Å². The molecule has 0 aromatic heterocycles. The first-order valence-corrected chi connectivity index (χ1v) is 11.3. The van der Waals surface area contributed by atoms with Crippen LogP contribution in [0, 0.1) is 11.8 Å². The van der Waals surface area contributed by atoms with Crippen LogP contribution in [0.1, 0.15) is 27.2 Å². The van der Waals surface area contributed by atoms with Gasteiger partial charge < -0.3 is 24.8 Å². The fraction of sp³-hybridized carbons (Fsp3) is 0.636. The van der Waals surface area contributed by atoms with E-state index >= 15 is 0 Å². The molecule has 2 heterocycles. The fourth-order valence-electron chi connectivity index (χ4n) is 4.40. The standard InChI is InChI=1S/C22H34N4O2S/c1-4-28-20-7-5-19(6-8-20)23-22(29)25-11-9-24(10-12-25)16-21(27)26-14-17(2)13-18(3)15-26/h5-8,17-18H,4,9-16H2,1-3H3,(H,23,29)/p+1/t17-,18-/m1/s1. The van der Waals surface area contributed by atoms with Crippen molar-refractivity contribution in [1.29, 1.82) is 0 Å². The number of thiocarbonyl (C=S) groups is 1. The van der Waals surface area contributed by atoms with E-state index in [2.05, 4.69) is 29.0 Å². The summed E-state index contributed by atoms with van der Waals surface area (Å²) >= 11 is 5.59. The summed E-state index contributed by atoms with van der Waals surface area (Å²) in [6.07, 6.45) is 1.23. The molecule has 2 N–H and O–H groups in total. The highest BCUT2D eigenvalue weighted by Crippen LogP contribution is 2.20. The Morgan fingerprint density at radius 1 is 1.14 bits per heavy atom. The zero-order chi connectivity index (χ0) is 20.8. The highest BCUT2D eigenvalue weighted by atomic mass is 32.1. The van der Waals surface area contributed by atoms with Gasteiger partial charge in [0.15, 0.2) is 11.7 Å². The van der Waals surface area contributed by atoms with E-state index in [-0.39, 0.29) is 0 Å². The molecule has 160 valence electrons. The molecule has 0 spiro atoms. The number of nitrogens with one attached hydrogen (secondary N) is 2. The van der Waals surface area contributed by atoms with Crippen LogP contribution < -0.4 is 15.0 Å². The Labute approximate surface area is 180 Å². The monoisotopic (exact) mass is 419 g/mol. The molecular weight excluding hydrogens is 384 g/mol. The van der Waals surface area contributed by atoms with Gasteiger partial charge in [0.05, 0.1) is 32.8 Å².